The number of halogens is 1. The van der Waals surface area contributed by atoms with E-state index in [0.29, 0.717) is 10.2 Å². The van der Waals surface area contributed by atoms with Crippen LogP contribution in [0.15, 0.2) is 39.9 Å². The quantitative estimate of drug-likeness (QED) is 0.853. The summed E-state index contributed by atoms with van der Waals surface area (Å²) in [6.07, 6.45) is 1.64. The number of hydrogen-bond acceptors (Lipinski definition) is 2. The second-order valence-electron chi connectivity index (χ2n) is 2.94. The number of imidazole rings is 1. The Labute approximate surface area is 93.9 Å². The van der Waals surface area contributed by atoms with Crippen LogP contribution in [0.2, 0.25) is 0 Å². The van der Waals surface area contributed by atoms with Crippen LogP contribution in [0.5, 0.6) is 0 Å². The summed E-state index contributed by atoms with van der Waals surface area (Å²) in [5.74, 6) is 0. The topological polar surface area (TPSA) is 61.6 Å². The SMILES string of the molecule is N#Cc1ccc(-n2cc(Br)[nH]c2=O)cc1. The standard InChI is InChI=1S/C10H6BrN3O/c11-9-6-14(10(15)13-9)8-3-1-7(5-12)2-4-8/h1-4,6H,(H,13,15). The Hall–Kier alpha value is -1.80. The molecule has 0 aliphatic carbocycles. The van der Waals surface area contributed by atoms with Gasteiger partial charge in [0.05, 0.1) is 17.3 Å². The molecular formula is C10H6BrN3O. The number of aromatic nitrogens is 2. The van der Waals surface area contributed by atoms with Crippen LogP contribution >= 0.6 is 15.9 Å². The van der Waals surface area contributed by atoms with Crippen LogP contribution in [0.1, 0.15) is 5.56 Å². The summed E-state index contributed by atoms with van der Waals surface area (Å²) in [7, 11) is 0. The number of aromatic amines is 1. The van der Waals surface area contributed by atoms with Gasteiger partial charge in [0, 0.05) is 6.20 Å². The maximum absolute atomic E-state index is 11.4. The minimum atomic E-state index is -0.216. The summed E-state index contributed by atoms with van der Waals surface area (Å²) in [5.41, 5.74) is 1.08. The third-order valence-electron chi connectivity index (χ3n) is 1.96. The van der Waals surface area contributed by atoms with E-state index in [0.717, 1.165) is 5.69 Å². The van der Waals surface area contributed by atoms with E-state index < -0.39 is 0 Å². The molecular weight excluding hydrogens is 258 g/mol. The van der Waals surface area contributed by atoms with E-state index in [2.05, 4.69) is 20.9 Å². The van der Waals surface area contributed by atoms with Crippen molar-refractivity contribution in [3.05, 3.63) is 51.1 Å². The Morgan fingerprint density at radius 2 is 2.00 bits per heavy atom. The van der Waals surface area contributed by atoms with Gasteiger partial charge >= 0.3 is 5.69 Å². The van der Waals surface area contributed by atoms with Gasteiger partial charge in [0.25, 0.3) is 0 Å². The third-order valence-corrected chi connectivity index (χ3v) is 2.37. The highest BCUT2D eigenvalue weighted by Gasteiger charge is 2.02. The van der Waals surface area contributed by atoms with Gasteiger partial charge in [-0.15, -0.1) is 0 Å². The van der Waals surface area contributed by atoms with E-state index in [4.69, 9.17) is 5.26 Å². The lowest BCUT2D eigenvalue weighted by Crippen LogP contribution is -2.13. The predicted molar refractivity (Wildman–Crippen MR) is 58.8 cm³/mol. The normalized spacial score (nSPS) is 9.87. The molecule has 0 saturated carbocycles. The van der Waals surface area contributed by atoms with E-state index in [1.165, 1.54) is 4.57 Å². The average molecular weight is 264 g/mol. The van der Waals surface area contributed by atoms with Gasteiger partial charge in [-0.3, -0.25) is 9.55 Å². The van der Waals surface area contributed by atoms with Crippen molar-refractivity contribution in [2.24, 2.45) is 0 Å². The Morgan fingerprint density at radius 3 is 2.47 bits per heavy atom. The van der Waals surface area contributed by atoms with Crippen molar-refractivity contribution in [1.29, 1.82) is 5.26 Å². The number of rotatable bonds is 1. The predicted octanol–water partition coefficient (Wildman–Crippen LogP) is 1.80. The number of nitrogens with zero attached hydrogens (tertiary/aromatic N) is 2. The Kier molecular flexibility index (Phi) is 2.44. The molecule has 0 radical (unpaired) electrons. The number of H-pyrrole nitrogens is 1. The first-order valence-corrected chi connectivity index (χ1v) is 4.98. The summed E-state index contributed by atoms with van der Waals surface area (Å²) in [6, 6.07) is 8.80. The lowest BCUT2D eigenvalue weighted by atomic mass is 10.2. The van der Waals surface area contributed by atoms with Crippen molar-refractivity contribution in [2.45, 2.75) is 0 Å². The van der Waals surface area contributed by atoms with Crippen molar-refractivity contribution in [2.75, 3.05) is 0 Å². The minimum Gasteiger partial charge on any atom is -0.300 e. The molecule has 0 atom stereocenters. The van der Waals surface area contributed by atoms with Crippen LogP contribution in [0.4, 0.5) is 0 Å². The molecule has 0 spiro atoms. The van der Waals surface area contributed by atoms with Crippen molar-refractivity contribution in [3.63, 3.8) is 0 Å². The van der Waals surface area contributed by atoms with Gasteiger partial charge in [0.1, 0.15) is 4.60 Å². The highest BCUT2D eigenvalue weighted by Crippen LogP contribution is 2.10. The van der Waals surface area contributed by atoms with Gasteiger partial charge in [-0.25, -0.2) is 4.79 Å². The number of hydrogen-bond donors (Lipinski definition) is 1. The van der Waals surface area contributed by atoms with Gasteiger partial charge in [-0.1, -0.05) is 0 Å². The fraction of sp³-hybridized carbons (Fsp3) is 0. The minimum absolute atomic E-state index is 0.216. The summed E-state index contributed by atoms with van der Waals surface area (Å²) >= 11 is 3.18. The molecule has 2 aromatic rings. The van der Waals surface area contributed by atoms with Crippen molar-refractivity contribution >= 4 is 15.9 Å². The van der Waals surface area contributed by atoms with Gasteiger partial charge in [0.15, 0.2) is 0 Å². The molecule has 0 amide bonds. The van der Waals surface area contributed by atoms with Crippen LogP contribution in [0.25, 0.3) is 5.69 Å². The second kappa shape index (κ2) is 3.75. The molecule has 74 valence electrons. The monoisotopic (exact) mass is 263 g/mol. The Bertz CT molecular complexity index is 574. The van der Waals surface area contributed by atoms with Crippen LogP contribution in [-0.4, -0.2) is 9.55 Å². The first-order valence-electron chi connectivity index (χ1n) is 4.18. The fourth-order valence-corrected chi connectivity index (χ4v) is 1.63. The van der Waals surface area contributed by atoms with Crippen molar-refractivity contribution in [1.82, 2.24) is 9.55 Å². The second-order valence-corrected chi connectivity index (χ2v) is 3.79. The van der Waals surface area contributed by atoms with E-state index >= 15 is 0 Å². The van der Waals surface area contributed by atoms with Crippen LogP contribution in [0, 0.1) is 11.3 Å². The molecule has 4 nitrogen and oxygen atoms in total. The number of nitriles is 1. The van der Waals surface area contributed by atoms with Crippen LogP contribution in [0.3, 0.4) is 0 Å². The first kappa shape index (κ1) is 9.74. The van der Waals surface area contributed by atoms with E-state index in [1.807, 2.05) is 6.07 Å². The molecule has 1 aromatic heterocycles. The lowest BCUT2D eigenvalue weighted by Gasteiger charge is -1.99. The lowest BCUT2D eigenvalue weighted by molar-refractivity contribution is 0.987. The Balaban J connectivity index is 2.51. The summed E-state index contributed by atoms with van der Waals surface area (Å²) in [4.78, 5) is 14.0. The molecule has 0 bridgehead atoms. The largest absolute Gasteiger partial charge is 0.330 e. The molecule has 2 rings (SSSR count). The number of nitrogens with one attached hydrogen (secondary N) is 1. The molecule has 5 heteroatoms. The maximum Gasteiger partial charge on any atom is 0.330 e. The molecule has 1 N–H and O–H groups in total. The third kappa shape index (κ3) is 1.85. The molecule has 0 aliphatic heterocycles. The van der Waals surface area contributed by atoms with Crippen molar-refractivity contribution in [3.8, 4) is 11.8 Å². The average Bonchev–Trinajstić information content (AvgIpc) is 2.58. The van der Waals surface area contributed by atoms with Gasteiger partial charge in [-0.05, 0) is 40.2 Å². The fourth-order valence-electron chi connectivity index (χ4n) is 1.25. The Morgan fingerprint density at radius 1 is 1.33 bits per heavy atom. The molecule has 1 heterocycles. The van der Waals surface area contributed by atoms with E-state index in [-0.39, 0.29) is 5.69 Å². The van der Waals surface area contributed by atoms with Crippen LogP contribution in [-0.2, 0) is 0 Å². The first-order chi connectivity index (χ1) is 7.20. The molecule has 0 fully saturated rings. The molecule has 1 aromatic carbocycles. The number of benzene rings is 1. The zero-order chi connectivity index (χ0) is 10.8. The molecule has 0 unspecified atom stereocenters. The molecule has 0 aliphatic rings. The van der Waals surface area contributed by atoms with Gasteiger partial charge in [0.2, 0.25) is 0 Å². The van der Waals surface area contributed by atoms with E-state index in [1.54, 1.807) is 30.5 Å². The smallest absolute Gasteiger partial charge is 0.300 e. The summed E-state index contributed by atoms with van der Waals surface area (Å²) < 4.78 is 2.09. The van der Waals surface area contributed by atoms with Gasteiger partial charge in [-0.2, -0.15) is 5.26 Å². The molecule has 0 saturated heterocycles. The van der Waals surface area contributed by atoms with Gasteiger partial charge < -0.3 is 0 Å². The molecule has 15 heavy (non-hydrogen) atoms. The highest BCUT2D eigenvalue weighted by molar-refractivity contribution is 9.10. The maximum atomic E-state index is 11.4. The van der Waals surface area contributed by atoms with Crippen LogP contribution < -0.4 is 5.69 Å². The summed E-state index contributed by atoms with van der Waals surface area (Å²) in [6.45, 7) is 0. The van der Waals surface area contributed by atoms with E-state index in [9.17, 15) is 4.79 Å². The zero-order valence-electron chi connectivity index (χ0n) is 7.57. The summed E-state index contributed by atoms with van der Waals surface area (Å²) in [5, 5.41) is 8.63. The highest BCUT2D eigenvalue weighted by atomic mass is 79.9. The zero-order valence-corrected chi connectivity index (χ0v) is 9.15. The van der Waals surface area contributed by atoms with Crippen molar-refractivity contribution < 1.29 is 0 Å².